The molecule has 2 aromatic carbocycles. The second-order valence-electron chi connectivity index (χ2n) is 5.45. The van der Waals surface area contributed by atoms with Crippen LogP contribution in [-0.4, -0.2) is 0 Å². The van der Waals surface area contributed by atoms with Crippen LogP contribution in [0, 0.1) is 0 Å². The van der Waals surface area contributed by atoms with E-state index >= 15 is 0 Å². The predicted molar refractivity (Wildman–Crippen MR) is 91.2 cm³/mol. The standard InChI is InChI=1S/C19H21NS/c1-15(16-9-4-2-5-10-16)20-18-13-8-14-19(18)21-17-11-6-3-7-12-17/h2-7,9-12,15,20H,8,13-14H2,1H3/t15-/m0/s1. The lowest BCUT2D eigenvalue weighted by atomic mass is 10.1. The third kappa shape index (κ3) is 3.70. The van der Waals surface area contributed by atoms with E-state index in [0.29, 0.717) is 6.04 Å². The van der Waals surface area contributed by atoms with Crippen LogP contribution >= 0.6 is 11.8 Å². The first-order valence-corrected chi connectivity index (χ1v) is 8.41. The summed E-state index contributed by atoms with van der Waals surface area (Å²) in [6.07, 6.45) is 3.63. The van der Waals surface area contributed by atoms with Crippen LogP contribution in [0.4, 0.5) is 0 Å². The SMILES string of the molecule is C[C@H](NC1=C(Sc2ccccc2)CCC1)c1ccccc1. The molecule has 0 amide bonds. The quantitative estimate of drug-likeness (QED) is 0.779. The Kier molecular flexibility index (Phi) is 4.66. The molecule has 1 aliphatic carbocycles. The molecule has 1 nitrogen and oxygen atoms in total. The third-order valence-electron chi connectivity index (χ3n) is 3.84. The number of hydrogen-bond donors (Lipinski definition) is 1. The third-order valence-corrected chi connectivity index (χ3v) is 5.05. The monoisotopic (exact) mass is 295 g/mol. The van der Waals surface area contributed by atoms with Gasteiger partial charge in [0.05, 0.1) is 0 Å². The van der Waals surface area contributed by atoms with E-state index in [1.54, 1.807) is 0 Å². The van der Waals surface area contributed by atoms with Gasteiger partial charge in [0.15, 0.2) is 0 Å². The van der Waals surface area contributed by atoms with E-state index in [0.717, 1.165) is 0 Å². The normalized spacial score (nSPS) is 16.0. The highest BCUT2D eigenvalue weighted by Gasteiger charge is 2.17. The fraction of sp³-hybridized carbons (Fsp3) is 0.263. The van der Waals surface area contributed by atoms with E-state index in [2.05, 4.69) is 72.9 Å². The second-order valence-corrected chi connectivity index (χ2v) is 6.62. The van der Waals surface area contributed by atoms with Crippen molar-refractivity contribution in [1.82, 2.24) is 5.32 Å². The summed E-state index contributed by atoms with van der Waals surface area (Å²) >= 11 is 1.91. The maximum absolute atomic E-state index is 3.72. The van der Waals surface area contributed by atoms with E-state index in [1.165, 1.54) is 40.3 Å². The van der Waals surface area contributed by atoms with Gasteiger partial charge >= 0.3 is 0 Å². The zero-order chi connectivity index (χ0) is 14.5. The molecule has 2 aromatic rings. The second kappa shape index (κ2) is 6.86. The van der Waals surface area contributed by atoms with Crippen LogP contribution in [0.25, 0.3) is 0 Å². The van der Waals surface area contributed by atoms with Gasteiger partial charge in [-0.05, 0) is 43.9 Å². The minimum atomic E-state index is 0.366. The molecule has 0 spiro atoms. The average molecular weight is 295 g/mol. The molecule has 0 radical (unpaired) electrons. The Hall–Kier alpha value is -1.67. The number of benzene rings is 2. The van der Waals surface area contributed by atoms with Gasteiger partial charge in [-0.2, -0.15) is 0 Å². The molecule has 2 heteroatoms. The van der Waals surface area contributed by atoms with Gasteiger partial charge in [-0.15, -0.1) is 0 Å². The van der Waals surface area contributed by atoms with Crippen molar-refractivity contribution in [2.75, 3.05) is 0 Å². The summed E-state index contributed by atoms with van der Waals surface area (Å²) in [6, 6.07) is 21.7. The van der Waals surface area contributed by atoms with Gasteiger partial charge in [-0.25, -0.2) is 0 Å². The summed E-state index contributed by atoms with van der Waals surface area (Å²) in [5, 5.41) is 3.72. The van der Waals surface area contributed by atoms with Crippen molar-refractivity contribution in [1.29, 1.82) is 0 Å². The van der Waals surface area contributed by atoms with Crippen LogP contribution in [0.2, 0.25) is 0 Å². The summed E-state index contributed by atoms with van der Waals surface area (Å²) in [4.78, 5) is 2.84. The fourth-order valence-electron chi connectivity index (χ4n) is 2.70. The molecule has 0 aromatic heterocycles. The maximum Gasteiger partial charge on any atom is 0.0482 e. The van der Waals surface area contributed by atoms with Crippen LogP contribution in [0.15, 0.2) is 76.2 Å². The van der Waals surface area contributed by atoms with Gasteiger partial charge in [-0.3, -0.25) is 0 Å². The number of nitrogens with one attached hydrogen (secondary N) is 1. The van der Waals surface area contributed by atoms with E-state index < -0.39 is 0 Å². The Labute approximate surface area is 131 Å². The van der Waals surface area contributed by atoms with Crippen LogP contribution in [-0.2, 0) is 0 Å². The predicted octanol–water partition coefficient (Wildman–Crippen LogP) is 5.53. The van der Waals surface area contributed by atoms with Gasteiger partial charge in [-0.1, -0.05) is 60.3 Å². The Morgan fingerprint density at radius 3 is 2.29 bits per heavy atom. The molecule has 0 saturated heterocycles. The van der Waals surface area contributed by atoms with Gasteiger partial charge < -0.3 is 5.32 Å². The fourth-order valence-corrected chi connectivity index (χ4v) is 3.81. The molecule has 0 heterocycles. The van der Waals surface area contributed by atoms with Crippen LogP contribution in [0.3, 0.4) is 0 Å². The van der Waals surface area contributed by atoms with Crippen molar-refractivity contribution >= 4 is 11.8 Å². The molecule has 3 rings (SSSR count). The summed E-state index contributed by atoms with van der Waals surface area (Å²) in [5.74, 6) is 0. The van der Waals surface area contributed by atoms with Crippen LogP contribution < -0.4 is 5.32 Å². The molecule has 0 bridgehead atoms. The first kappa shape index (κ1) is 14.3. The Morgan fingerprint density at radius 2 is 1.57 bits per heavy atom. The average Bonchev–Trinajstić information content (AvgIpc) is 2.96. The topological polar surface area (TPSA) is 12.0 Å². The molecule has 0 saturated carbocycles. The largest absolute Gasteiger partial charge is 0.381 e. The molecule has 21 heavy (non-hydrogen) atoms. The Morgan fingerprint density at radius 1 is 0.905 bits per heavy atom. The smallest absolute Gasteiger partial charge is 0.0482 e. The highest BCUT2D eigenvalue weighted by Crippen LogP contribution is 2.38. The van der Waals surface area contributed by atoms with Crippen molar-refractivity contribution in [2.45, 2.75) is 37.1 Å². The maximum atomic E-state index is 3.72. The van der Waals surface area contributed by atoms with E-state index in [4.69, 9.17) is 0 Å². The lowest BCUT2D eigenvalue weighted by Crippen LogP contribution is -2.17. The number of hydrogen-bond acceptors (Lipinski definition) is 2. The highest BCUT2D eigenvalue weighted by atomic mass is 32.2. The number of rotatable bonds is 5. The van der Waals surface area contributed by atoms with E-state index in [-0.39, 0.29) is 0 Å². The molecule has 1 N–H and O–H groups in total. The number of allylic oxidation sites excluding steroid dienone is 2. The zero-order valence-electron chi connectivity index (χ0n) is 12.4. The summed E-state index contributed by atoms with van der Waals surface area (Å²) < 4.78 is 0. The molecule has 0 fully saturated rings. The first-order valence-electron chi connectivity index (χ1n) is 7.59. The molecule has 1 atom stereocenters. The first-order chi connectivity index (χ1) is 10.3. The van der Waals surface area contributed by atoms with Crippen molar-refractivity contribution in [3.8, 4) is 0 Å². The molecule has 0 aliphatic heterocycles. The van der Waals surface area contributed by atoms with Crippen LogP contribution in [0.5, 0.6) is 0 Å². The summed E-state index contributed by atoms with van der Waals surface area (Å²) in [6.45, 7) is 2.24. The minimum absolute atomic E-state index is 0.366. The highest BCUT2D eigenvalue weighted by molar-refractivity contribution is 8.03. The molecule has 1 aliphatic rings. The van der Waals surface area contributed by atoms with Gasteiger partial charge in [0.25, 0.3) is 0 Å². The van der Waals surface area contributed by atoms with Crippen molar-refractivity contribution < 1.29 is 0 Å². The van der Waals surface area contributed by atoms with Crippen molar-refractivity contribution in [3.05, 3.63) is 76.8 Å². The summed E-state index contributed by atoms with van der Waals surface area (Å²) in [7, 11) is 0. The lowest BCUT2D eigenvalue weighted by Gasteiger charge is -2.18. The van der Waals surface area contributed by atoms with E-state index in [9.17, 15) is 0 Å². The van der Waals surface area contributed by atoms with Crippen molar-refractivity contribution in [3.63, 3.8) is 0 Å². The molecule has 108 valence electrons. The van der Waals surface area contributed by atoms with Gasteiger partial charge in [0.1, 0.15) is 0 Å². The van der Waals surface area contributed by atoms with Crippen molar-refractivity contribution in [2.24, 2.45) is 0 Å². The van der Waals surface area contributed by atoms with E-state index in [1.807, 2.05) is 11.8 Å². The zero-order valence-corrected chi connectivity index (χ0v) is 13.2. The molecular weight excluding hydrogens is 274 g/mol. The van der Waals surface area contributed by atoms with Gasteiger partial charge in [0, 0.05) is 21.5 Å². The lowest BCUT2D eigenvalue weighted by molar-refractivity contribution is 0.635. The van der Waals surface area contributed by atoms with Gasteiger partial charge in [0.2, 0.25) is 0 Å². The Bertz CT molecular complexity index is 604. The molecular formula is C19H21NS. The summed E-state index contributed by atoms with van der Waals surface area (Å²) in [5.41, 5.74) is 2.78. The minimum Gasteiger partial charge on any atom is -0.381 e. The number of thioether (sulfide) groups is 1. The molecule has 0 unspecified atom stereocenters. The van der Waals surface area contributed by atoms with Crippen LogP contribution in [0.1, 0.15) is 37.8 Å². The Balaban J connectivity index is 1.72.